The van der Waals surface area contributed by atoms with Gasteiger partial charge in [0.1, 0.15) is 11.9 Å². The molecular weight excluding hydrogens is 328 g/mol. The minimum absolute atomic E-state index is 0.257. The summed E-state index contributed by atoms with van der Waals surface area (Å²) in [5.41, 5.74) is 1.99. The van der Waals surface area contributed by atoms with E-state index in [1.807, 2.05) is 59.0 Å². The van der Waals surface area contributed by atoms with E-state index >= 15 is 0 Å². The van der Waals surface area contributed by atoms with Gasteiger partial charge in [-0.1, -0.05) is 23.4 Å². The summed E-state index contributed by atoms with van der Waals surface area (Å²) in [5.74, 6) is 1.02. The average molecular weight is 352 g/mol. The summed E-state index contributed by atoms with van der Waals surface area (Å²) < 4.78 is 3.71. The predicted molar refractivity (Wildman–Crippen MR) is 97.5 cm³/mol. The topological polar surface area (TPSA) is 72.0 Å². The fourth-order valence-corrected chi connectivity index (χ4v) is 3.61. The van der Waals surface area contributed by atoms with Gasteiger partial charge >= 0.3 is 0 Å². The molecule has 1 aliphatic heterocycles. The number of imidazole rings is 1. The largest absolute Gasteiger partial charge is 0.385 e. The molecule has 0 amide bonds. The lowest BCUT2D eigenvalue weighted by molar-refractivity contribution is 0.0489. The van der Waals surface area contributed by atoms with Crippen LogP contribution in [0.2, 0.25) is 0 Å². The van der Waals surface area contributed by atoms with Gasteiger partial charge in [-0.15, -0.1) is 5.10 Å². The van der Waals surface area contributed by atoms with Crippen molar-refractivity contribution in [2.45, 2.75) is 25.5 Å². The highest BCUT2D eigenvalue weighted by Gasteiger charge is 2.28. The molecule has 1 saturated heterocycles. The van der Waals surface area contributed by atoms with Crippen LogP contribution < -0.4 is 0 Å². The molecule has 0 radical (unpaired) electrons. The van der Waals surface area contributed by atoms with Crippen LogP contribution in [0.15, 0.2) is 48.9 Å². The van der Waals surface area contributed by atoms with Crippen LogP contribution in [-0.4, -0.2) is 47.6 Å². The molecule has 7 heteroatoms. The van der Waals surface area contributed by atoms with E-state index in [-0.39, 0.29) is 5.92 Å². The standard InChI is InChI=1S/C19H24N6O/c1-23-12-9-20-19(23)18(26)15-7-10-24(11-8-15)13-16-14-25(22-21-16)17-5-3-2-4-6-17/h2-6,9,12,14-15,18,26H,7-8,10-11,13H2,1H3/t18-/m1/s1. The van der Waals surface area contributed by atoms with Crippen molar-refractivity contribution in [3.63, 3.8) is 0 Å². The van der Waals surface area contributed by atoms with Crippen LogP contribution in [0.5, 0.6) is 0 Å². The molecular formula is C19H24N6O. The molecule has 2 aromatic heterocycles. The highest BCUT2D eigenvalue weighted by atomic mass is 16.3. The zero-order valence-electron chi connectivity index (χ0n) is 14.9. The number of benzene rings is 1. The second-order valence-electron chi connectivity index (χ2n) is 6.94. The summed E-state index contributed by atoms with van der Waals surface area (Å²) in [6.45, 7) is 2.69. The molecule has 0 saturated carbocycles. The summed E-state index contributed by atoms with van der Waals surface area (Å²) in [6.07, 6.45) is 7.04. The van der Waals surface area contributed by atoms with Crippen LogP contribution in [0, 0.1) is 5.92 Å². The van der Waals surface area contributed by atoms with Gasteiger partial charge in [-0.3, -0.25) is 4.90 Å². The van der Waals surface area contributed by atoms with Crippen molar-refractivity contribution in [2.24, 2.45) is 13.0 Å². The van der Waals surface area contributed by atoms with Gasteiger partial charge in [-0.25, -0.2) is 9.67 Å². The van der Waals surface area contributed by atoms with Crippen LogP contribution in [0.4, 0.5) is 0 Å². The highest BCUT2D eigenvalue weighted by molar-refractivity contribution is 5.29. The van der Waals surface area contributed by atoms with E-state index < -0.39 is 6.10 Å². The normalized spacial score (nSPS) is 17.5. The van der Waals surface area contributed by atoms with Crippen molar-refractivity contribution in [1.29, 1.82) is 0 Å². The van der Waals surface area contributed by atoms with Gasteiger partial charge < -0.3 is 9.67 Å². The highest BCUT2D eigenvalue weighted by Crippen LogP contribution is 2.30. The number of aliphatic hydroxyl groups excluding tert-OH is 1. The first-order valence-corrected chi connectivity index (χ1v) is 9.05. The first-order valence-electron chi connectivity index (χ1n) is 9.05. The minimum atomic E-state index is -0.490. The molecule has 7 nitrogen and oxygen atoms in total. The predicted octanol–water partition coefficient (Wildman–Crippen LogP) is 1.95. The van der Waals surface area contributed by atoms with E-state index in [4.69, 9.17) is 0 Å². The van der Waals surface area contributed by atoms with E-state index in [1.165, 1.54) is 0 Å². The average Bonchev–Trinajstić information content (AvgIpc) is 3.32. The molecule has 136 valence electrons. The summed E-state index contributed by atoms with van der Waals surface area (Å²) in [5, 5.41) is 19.1. The molecule has 1 N–H and O–H groups in total. The molecule has 3 heterocycles. The van der Waals surface area contributed by atoms with Crippen molar-refractivity contribution in [3.8, 4) is 5.69 Å². The number of aryl methyl sites for hydroxylation is 1. The van der Waals surface area contributed by atoms with Gasteiger partial charge in [-0.05, 0) is 44.0 Å². The van der Waals surface area contributed by atoms with E-state index in [2.05, 4.69) is 20.2 Å². The third-order valence-corrected chi connectivity index (χ3v) is 5.15. The molecule has 4 rings (SSSR count). The van der Waals surface area contributed by atoms with Crippen LogP contribution >= 0.6 is 0 Å². The SMILES string of the molecule is Cn1ccnc1[C@H](O)C1CCN(Cc2cn(-c3ccccc3)nn2)CC1. The molecule has 3 aromatic rings. The number of hydrogen-bond donors (Lipinski definition) is 1. The Morgan fingerprint density at radius 1 is 1.19 bits per heavy atom. The molecule has 1 aromatic carbocycles. The van der Waals surface area contributed by atoms with E-state index in [0.29, 0.717) is 0 Å². The maximum atomic E-state index is 10.6. The lowest BCUT2D eigenvalue weighted by atomic mass is 9.90. The maximum Gasteiger partial charge on any atom is 0.137 e. The Balaban J connectivity index is 1.33. The third-order valence-electron chi connectivity index (χ3n) is 5.15. The van der Waals surface area contributed by atoms with Crippen molar-refractivity contribution in [2.75, 3.05) is 13.1 Å². The van der Waals surface area contributed by atoms with E-state index in [1.54, 1.807) is 6.20 Å². The second kappa shape index (κ2) is 7.39. The number of aliphatic hydroxyl groups is 1. The van der Waals surface area contributed by atoms with Gasteiger partial charge in [0.25, 0.3) is 0 Å². The summed E-state index contributed by atoms with van der Waals surface area (Å²) in [4.78, 5) is 6.66. The molecule has 0 bridgehead atoms. The fourth-order valence-electron chi connectivity index (χ4n) is 3.61. The zero-order valence-corrected chi connectivity index (χ0v) is 14.9. The van der Waals surface area contributed by atoms with Crippen molar-refractivity contribution < 1.29 is 5.11 Å². The number of nitrogens with zero attached hydrogens (tertiary/aromatic N) is 6. The quantitative estimate of drug-likeness (QED) is 0.760. The first-order chi connectivity index (χ1) is 12.7. The van der Waals surface area contributed by atoms with E-state index in [0.717, 1.165) is 49.7 Å². The number of likely N-dealkylation sites (tertiary alicyclic amines) is 1. The van der Waals surface area contributed by atoms with Crippen LogP contribution in [0.1, 0.15) is 30.5 Å². The smallest absolute Gasteiger partial charge is 0.137 e. The Kier molecular flexibility index (Phi) is 4.81. The Labute approximate surface area is 152 Å². The summed E-state index contributed by atoms with van der Waals surface area (Å²) >= 11 is 0. The van der Waals surface area contributed by atoms with Gasteiger partial charge in [0.15, 0.2) is 0 Å². The van der Waals surface area contributed by atoms with Gasteiger partial charge in [0.05, 0.1) is 17.6 Å². The van der Waals surface area contributed by atoms with Crippen molar-refractivity contribution >= 4 is 0 Å². The second-order valence-corrected chi connectivity index (χ2v) is 6.94. The molecule has 0 spiro atoms. The number of hydrogen-bond acceptors (Lipinski definition) is 5. The molecule has 0 unspecified atom stereocenters. The Bertz CT molecular complexity index is 835. The Hall–Kier alpha value is -2.51. The fraction of sp³-hybridized carbons (Fsp3) is 0.421. The van der Waals surface area contributed by atoms with Crippen molar-refractivity contribution in [1.82, 2.24) is 29.4 Å². The number of para-hydroxylation sites is 1. The number of piperidine rings is 1. The summed E-state index contributed by atoms with van der Waals surface area (Å²) in [7, 11) is 1.93. The first kappa shape index (κ1) is 16.9. The van der Waals surface area contributed by atoms with Crippen LogP contribution in [0.25, 0.3) is 5.69 Å². The van der Waals surface area contributed by atoms with Crippen LogP contribution in [-0.2, 0) is 13.6 Å². The van der Waals surface area contributed by atoms with Gasteiger partial charge in [-0.2, -0.15) is 0 Å². The Morgan fingerprint density at radius 2 is 1.96 bits per heavy atom. The van der Waals surface area contributed by atoms with Crippen molar-refractivity contribution in [3.05, 3.63) is 60.4 Å². The molecule has 26 heavy (non-hydrogen) atoms. The lowest BCUT2D eigenvalue weighted by Gasteiger charge is -2.33. The van der Waals surface area contributed by atoms with Gasteiger partial charge in [0.2, 0.25) is 0 Å². The lowest BCUT2D eigenvalue weighted by Crippen LogP contribution is -2.35. The number of aromatic nitrogens is 5. The third kappa shape index (κ3) is 3.54. The van der Waals surface area contributed by atoms with Crippen LogP contribution in [0.3, 0.4) is 0 Å². The minimum Gasteiger partial charge on any atom is -0.385 e. The number of rotatable bonds is 5. The van der Waals surface area contributed by atoms with E-state index in [9.17, 15) is 5.11 Å². The van der Waals surface area contributed by atoms with Gasteiger partial charge in [0, 0.05) is 26.0 Å². The zero-order chi connectivity index (χ0) is 17.9. The molecule has 0 aliphatic carbocycles. The molecule has 1 fully saturated rings. The molecule has 1 atom stereocenters. The Morgan fingerprint density at radius 3 is 2.65 bits per heavy atom. The maximum absolute atomic E-state index is 10.6. The molecule has 1 aliphatic rings. The summed E-state index contributed by atoms with van der Waals surface area (Å²) in [6, 6.07) is 10.0. The monoisotopic (exact) mass is 352 g/mol.